The van der Waals surface area contributed by atoms with Crippen molar-refractivity contribution >= 4 is 0 Å². The van der Waals surface area contributed by atoms with E-state index in [0.717, 1.165) is 31.8 Å². The zero-order chi connectivity index (χ0) is 10.9. The van der Waals surface area contributed by atoms with Crippen molar-refractivity contribution in [2.24, 2.45) is 11.3 Å². The summed E-state index contributed by atoms with van der Waals surface area (Å²) in [5.74, 6) is 0.749. The number of rotatable bonds is 2. The van der Waals surface area contributed by atoms with E-state index < -0.39 is 5.60 Å². The number of hydrogen-bond acceptors (Lipinski definition) is 2. The molecule has 2 heteroatoms. The largest absolute Gasteiger partial charge is 0.389 e. The molecule has 2 aliphatic rings. The number of nitrogens with one attached hydrogen (secondary N) is 1. The summed E-state index contributed by atoms with van der Waals surface area (Å²) in [6.07, 6.45) is 7.30. The molecule has 1 aliphatic carbocycles. The zero-order valence-corrected chi connectivity index (χ0v) is 10.2. The SMILES string of the molecule is CC1(C)CCCC(CC2(O)CCNC2)C1. The molecule has 1 saturated carbocycles. The first-order valence-corrected chi connectivity index (χ1v) is 6.42. The summed E-state index contributed by atoms with van der Waals surface area (Å²) in [5, 5.41) is 13.6. The van der Waals surface area contributed by atoms with Gasteiger partial charge in [0, 0.05) is 6.54 Å². The number of β-amino-alcohol motifs (C(OH)–C–C–N with tert-alkyl or cyclic N) is 1. The monoisotopic (exact) mass is 211 g/mol. The molecule has 1 aliphatic heterocycles. The Kier molecular flexibility index (Phi) is 3.09. The lowest BCUT2D eigenvalue weighted by Gasteiger charge is -2.38. The first kappa shape index (κ1) is 11.4. The average Bonchev–Trinajstić information content (AvgIpc) is 2.49. The number of aliphatic hydroxyl groups is 1. The minimum absolute atomic E-state index is 0.391. The van der Waals surface area contributed by atoms with Crippen LogP contribution in [0.25, 0.3) is 0 Å². The molecule has 2 nitrogen and oxygen atoms in total. The quantitative estimate of drug-likeness (QED) is 0.734. The van der Waals surface area contributed by atoms with Gasteiger partial charge in [-0.15, -0.1) is 0 Å². The summed E-state index contributed by atoms with van der Waals surface area (Å²) in [4.78, 5) is 0. The third-order valence-corrected chi connectivity index (χ3v) is 4.20. The molecular weight excluding hydrogens is 186 g/mol. The van der Waals surface area contributed by atoms with E-state index in [2.05, 4.69) is 19.2 Å². The highest BCUT2D eigenvalue weighted by Gasteiger charge is 2.36. The Balaban J connectivity index is 1.88. The second-order valence-corrected chi connectivity index (χ2v) is 6.48. The molecule has 88 valence electrons. The third kappa shape index (κ3) is 2.94. The molecule has 2 N–H and O–H groups in total. The maximum absolute atomic E-state index is 10.4. The van der Waals surface area contributed by atoms with E-state index in [9.17, 15) is 5.11 Å². The van der Waals surface area contributed by atoms with Crippen LogP contribution in [-0.2, 0) is 0 Å². The Labute approximate surface area is 93.5 Å². The molecule has 0 aromatic rings. The fraction of sp³-hybridized carbons (Fsp3) is 1.00. The Morgan fingerprint density at radius 3 is 2.73 bits per heavy atom. The zero-order valence-electron chi connectivity index (χ0n) is 10.2. The van der Waals surface area contributed by atoms with Gasteiger partial charge < -0.3 is 10.4 Å². The van der Waals surface area contributed by atoms with Gasteiger partial charge in [-0.1, -0.05) is 26.7 Å². The molecule has 0 radical (unpaired) electrons. The van der Waals surface area contributed by atoms with Crippen LogP contribution >= 0.6 is 0 Å². The van der Waals surface area contributed by atoms with E-state index in [4.69, 9.17) is 0 Å². The predicted octanol–water partition coefficient (Wildman–Crippen LogP) is 2.32. The van der Waals surface area contributed by atoms with Crippen LogP contribution in [0.1, 0.15) is 52.4 Å². The van der Waals surface area contributed by atoms with Crippen molar-refractivity contribution in [3.8, 4) is 0 Å². The summed E-state index contributed by atoms with van der Waals surface area (Å²) >= 11 is 0. The van der Waals surface area contributed by atoms with Crippen molar-refractivity contribution in [3.63, 3.8) is 0 Å². The van der Waals surface area contributed by atoms with Crippen LogP contribution in [0.2, 0.25) is 0 Å². The molecule has 1 saturated heterocycles. The molecule has 2 unspecified atom stereocenters. The average molecular weight is 211 g/mol. The first-order valence-electron chi connectivity index (χ1n) is 6.42. The second-order valence-electron chi connectivity index (χ2n) is 6.48. The van der Waals surface area contributed by atoms with Crippen molar-refractivity contribution in [3.05, 3.63) is 0 Å². The van der Waals surface area contributed by atoms with E-state index >= 15 is 0 Å². The van der Waals surface area contributed by atoms with E-state index in [1.807, 2.05) is 0 Å². The Bertz CT molecular complexity index is 219. The normalized spacial score (nSPS) is 40.6. The van der Waals surface area contributed by atoms with Crippen LogP contribution in [0.4, 0.5) is 0 Å². The van der Waals surface area contributed by atoms with Crippen LogP contribution in [0.3, 0.4) is 0 Å². The van der Waals surface area contributed by atoms with Crippen molar-refractivity contribution in [1.82, 2.24) is 5.32 Å². The molecule has 0 aromatic carbocycles. The molecular formula is C13H25NO. The predicted molar refractivity (Wildman–Crippen MR) is 62.8 cm³/mol. The molecule has 15 heavy (non-hydrogen) atoms. The smallest absolute Gasteiger partial charge is 0.0786 e. The van der Waals surface area contributed by atoms with Crippen molar-refractivity contribution in [2.45, 2.75) is 58.0 Å². The van der Waals surface area contributed by atoms with Gasteiger partial charge in [-0.3, -0.25) is 0 Å². The minimum Gasteiger partial charge on any atom is -0.389 e. The third-order valence-electron chi connectivity index (χ3n) is 4.20. The van der Waals surface area contributed by atoms with Crippen LogP contribution in [0, 0.1) is 11.3 Å². The fourth-order valence-electron chi connectivity index (χ4n) is 3.47. The van der Waals surface area contributed by atoms with Gasteiger partial charge in [-0.05, 0) is 43.6 Å². The maximum Gasteiger partial charge on any atom is 0.0786 e. The Morgan fingerprint density at radius 2 is 2.13 bits per heavy atom. The fourth-order valence-corrected chi connectivity index (χ4v) is 3.47. The molecule has 0 spiro atoms. The maximum atomic E-state index is 10.4. The van der Waals surface area contributed by atoms with E-state index in [-0.39, 0.29) is 0 Å². The summed E-state index contributed by atoms with van der Waals surface area (Å²) in [7, 11) is 0. The first-order chi connectivity index (χ1) is 6.99. The standard InChI is InChI=1S/C13H25NO/c1-12(2)5-3-4-11(8-12)9-13(15)6-7-14-10-13/h11,14-15H,3-10H2,1-2H3. The highest BCUT2D eigenvalue weighted by Crippen LogP contribution is 2.42. The minimum atomic E-state index is -0.391. The van der Waals surface area contributed by atoms with Gasteiger partial charge in [0.1, 0.15) is 0 Å². The van der Waals surface area contributed by atoms with E-state index in [1.165, 1.54) is 25.7 Å². The van der Waals surface area contributed by atoms with Gasteiger partial charge in [0.25, 0.3) is 0 Å². The van der Waals surface area contributed by atoms with Crippen LogP contribution in [0.15, 0.2) is 0 Å². The van der Waals surface area contributed by atoms with Gasteiger partial charge in [-0.25, -0.2) is 0 Å². The van der Waals surface area contributed by atoms with Crippen LogP contribution in [0.5, 0.6) is 0 Å². The lowest BCUT2D eigenvalue weighted by molar-refractivity contribution is 0.0175. The summed E-state index contributed by atoms with van der Waals surface area (Å²) < 4.78 is 0. The van der Waals surface area contributed by atoms with Crippen LogP contribution in [-0.4, -0.2) is 23.8 Å². The highest BCUT2D eigenvalue weighted by atomic mass is 16.3. The molecule has 0 aromatic heterocycles. The summed E-state index contributed by atoms with van der Waals surface area (Å²) in [6.45, 7) is 6.54. The van der Waals surface area contributed by atoms with E-state index in [1.54, 1.807) is 0 Å². The van der Waals surface area contributed by atoms with E-state index in [0.29, 0.717) is 5.41 Å². The molecule has 2 fully saturated rings. The highest BCUT2D eigenvalue weighted by molar-refractivity contribution is 4.92. The Hall–Kier alpha value is -0.0800. The van der Waals surface area contributed by atoms with Gasteiger partial charge in [0.15, 0.2) is 0 Å². The van der Waals surface area contributed by atoms with Gasteiger partial charge in [0.05, 0.1) is 5.60 Å². The van der Waals surface area contributed by atoms with Crippen LogP contribution < -0.4 is 5.32 Å². The lowest BCUT2D eigenvalue weighted by Crippen LogP contribution is -2.36. The lowest BCUT2D eigenvalue weighted by atomic mass is 9.69. The molecule has 1 heterocycles. The molecule has 2 atom stereocenters. The topological polar surface area (TPSA) is 32.3 Å². The van der Waals surface area contributed by atoms with Gasteiger partial charge in [0.2, 0.25) is 0 Å². The molecule has 2 rings (SSSR count). The molecule has 0 bridgehead atoms. The second kappa shape index (κ2) is 4.06. The van der Waals surface area contributed by atoms with Crippen molar-refractivity contribution < 1.29 is 5.11 Å². The summed E-state index contributed by atoms with van der Waals surface area (Å²) in [6, 6.07) is 0. The number of hydrogen-bond donors (Lipinski definition) is 2. The van der Waals surface area contributed by atoms with Gasteiger partial charge >= 0.3 is 0 Å². The van der Waals surface area contributed by atoms with Gasteiger partial charge in [-0.2, -0.15) is 0 Å². The molecule has 0 amide bonds. The Morgan fingerprint density at radius 1 is 1.33 bits per heavy atom. The van der Waals surface area contributed by atoms with Crippen molar-refractivity contribution in [2.75, 3.05) is 13.1 Å². The summed E-state index contributed by atoms with van der Waals surface area (Å²) in [5.41, 5.74) is 0.114. The van der Waals surface area contributed by atoms with Crippen molar-refractivity contribution in [1.29, 1.82) is 0 Å².